The Morgan fingerprint density at radius 3 is 1.98 bits per heavy atom. The van der Waals surface area contributed by atoms with Crippen LogP contribution in [0, 0.1) is 20.8 Å². The number of aromatic nitrogens is 1. The summed E-state index contributed by atoms with van der Waals surface area (Å²) in [4.78, 5) is 16.6. The maximum absolute atomic E-state index is 11.9. The largest absolute Gasteiger partial charge is 0.466 e. The molecule has 0 aliphatic rings. The molecule has 0 bridgehead atoms. The van der Waals surface area contributed by atoms with Crippen molar-refractivity contribution in [1.29, 1.82) is 0 Å². The van der Waals surface area contributed by atoms with Crippen LogP contribution >= 0.6 is 0 Å². The number of benzene rings is 2. The van der Waals surface area contributed by atoms with Crippen molar-refractivity contribution >= 4 is 12.0 Å². The molecule has 2 aromatic carbocycles. The molecule has 0 fully saturated rings. The molecule has 0 radical (unpaired) electrons. The van der Waals surface area contributed by atoms with Crippen molar-refractivity contribution in [2.24, 2.45) is 0 Å². The summed E-state index contributed by atoms with van der Waals surface area (Å²) in [5.74, 6) is -0.230. The van der Waals surface area contributed by atoms with E-state index in [9.17, 15) is 9.90 Å². The second-order valence-corrected chi connectivity index (χ2v) is 11.0. The Kier molecular flexibility index (Phi) is 10.5. The zero-order valence-electron chi connectivity index (χ0n) is 25.7. The lowest BCUT2D eigenvalue weighted by Gasteiger charge is -2.35. The highest BCUT2D eigenvalue weighted by atomic mass is 16.5. The Hall–Kier alpha value is -3.24. The van der Waals surface area contributed by atoms with Crippen LogP contribution in [-0.4, -0.2) is 28.3 Å². The van der Waals surface area contributed by atoms with Crippen molar-refractivity contribution in [2.75, 3.05) is 6.61 Å². The first kappa shape index (κ1) is 31.3. The second-order valence-electron chi connectivity index (χ2n) is 11.0. The van der Waals surface area contributed by atoms with Crippen molar-refractivity contribution in [2.45, 2.75) is 98.5 Å². The molecule has 0 atom stereocenters. The van der Waals surface area contributed by atoms with E-state index in [0.29, 0.717) is 19.4 Å². The number of nitrogens with zero attached hydrogens (tertiary/aromatic N) is 1. The maximum Gasteiger partial charge on any atom is 0.310 e. The highest BCUT2D eigenvalue weighted by molar-refractivity contribution is 5.73. The lowest BCUT2D eigenvalue weighted by molar-refractivity contribution is -0.142. The molecule has 0 saturated heterocycles. The number of rotatable bonds is 12. The highest BCUT2D eigenvalue weighted by Crippen LogP contribution is 2.42. The summed E-state index contributed by atoms with van der Waals surface area (Å²) in [6.07, 6.45) is 9.42. The van der Waals surface area contributed by atoms with Crippen LogP contribution in [0.25, 0.3) is 17.3 Å². The van der Waals surface area contributed by atoms with E-state index >= 15 is 0 Å². The van der Waals surface area contributed by atoms with Gasteiger partial charge in [0.15, 0.2) is 0 Å². The first-order chi connectivity index (χ1) is 19.1. The summed E-state index contributed by atoms with van der Waals surface area (Å²) in [5.41, 5.74) is 9.45. The first-order valence-corrected chi connectivity index (χ1v) is 14.8. The van der Waals surface area contributed by atoms with Gasteiger partial charge < -0.3 is 9.84 Å². The third-order valence-corrected chi connectivity index (χ3v) is 8.65. The molecule has 3 aromatic rings. The molecule has 4 nitrogen and oxygen atoms in total. The van der Waals surface area contributed by atoms with Crippen LogP contribution in [0.5, 0.6) is 0 Å². The van der Waals surface area contributed by atoms with Gasteiger partial charge in [0.05, 0.1) is 24.3 Å². The average molecular weight is 542 g/mol. The average Bonchev–Trinajstić information content (AvgIpc) is 2.94. The molecule has 214 valence electrons. The lowest BCUT2D eigenvalue weighted by atomic mass is 9.69. The molecule has 0 unspecified atom stereocenters. The summed E-state index contributed by atoms with van der Waals surface area (Å²) >= 11 is 0. The number of ether oxygens (including phenoxy) is 1. The van der Waals surface area contributed by atoms with Crippen LogP contribution in [0.1, 0.15) is 99.2 Å². The molecule has 1 N–H and O–H groups in total. The number of aliphatic hydroxyl groups is 1. The van der Waals surface area contributed by atoms with Crippen molar-refractivity contribution in [1.82, 2.24) is 4.98 Å². The molecular weight excluding hydrogens is 494 g/mol. The van der Waals surface area contributed by atoms with Crippen LogP contribution in [0.15, 0.2) is 54.7 Å². The van der Waals surface area contributed by atoms with Gasteiger partial charge in [0.1, 0.15) is 0 Å². The Bertz CT molecular complexity index is 1310. The summed E-state index contributed by atoms with van der Waals surface area (Å²) in [6.45, 7) is 17.3. The molecule has 1 aromatic heterocycles. The Morgan fingerprint density at radius 2 is 1.48 bits per heavy atom. The van der Waals surface area contributed by atoms with Crippen LogP contribution in [0.3, 0.4) is 0 Å². The minimum absolute atomic E-state index is 0.106. The van der Waals surface area contributed by atoms with Gasteiger partial charge in [-0.3, -0.25) is 9.78 Å². The van der Waals surface area contributed by atoms with Gasteiger partial charge in [-0.2, -0.15) is 0 Å². The quantitative estimate of drug-likeness (QED) is 0.234. The summed E-state index contributed by atoms with van der Waals surface area (Å²) in [7, 11) is 0. The Balaban J connectivity index is 1.98. The van der Waals surface area contributed by atoms with E-state index in [1.54, 1.807) is 6.20 Å². The fourth-order valence-electron chi connectivity index (χ4n) is 5.82. The van der Waals surface area contributed by atoms with Crippen LogP contribution in [0.2, 0.25) is 0 Å². The van der Waals surface area contributed by atoms with Gasteiger partial charge >= 0.3 is 5.97 Å². The number of hydrogen-bond donors (Lipinski definition) is 1. The zero-order valence-corrected chi connectivity index (χ0v) is 25.7. The van der Waals surface area contributed by atoms with Crippen molar-refractivity contribution in [3.05, 3.63) is 93.7 Å². The lowest BCUT2D eigenvalue weighted by Crippen LogP contribution is -2.26. The number of carbonyl (C=O) groups is 1. The van der Waals surface area contributed by atoms with Gasteiger partial charge in [-0.25, -0.2) is 0 Å². The fraction of sp³-hybridized carbons (Fsp3) is 0.444. The van der Waals surface area contributed by atoms with Crippen LogP contribution < -0.4 is 0 Å². The van der Waals surface area contributed by atoms with Gasteiger partial charge in [0.2, 0.25) is 0 Å². The number of hydrogen-bond acceptors (Lipinski definition) is 4. The predicted octanol–water partition coefficient (Wildman–Crippen LogP) is 8.45. The van der Waals surface area contributed by atoms with Crippen molar-refractivity contribution < 1.29 is 14.6 Å². The van der Waals surface area contributed by atoms with Gasteiger partial charge in [0, 0.05) is 17.2 Å². The molecule has 0 aliphatic heterocycles. The standard InChI is InChI=1S/C36H47NO3/c1-9-35(39,10-2)19-18-29-15-16-30(20-25(29)6)36(11-3,12-4)31-21-26(7)34(27(8)22-31)32-17-14-28(24-37-32)23-33(38)40-13-5/h14-22,24,39H,9-13,23H2,1-8H3. The highest BCUT2D eigenvalue weighted by Gasteiger charge is 2.32. The van der Waals surface area contributed by atoms with E-state index in [2.05, 4.69) is 71.0 Å². The third-order valence-electron chi connectivity index (χ3n) is 8.65. The summed E-state index contributed by atoms with van der Waals surface area (Å²) in [5, 5.41) is 10.7. The third kappa shape index (κ3) is 6.72. The van der Waals surface area contributed by atoms with E-state index in [-0.39, 0.29) is 17.8 Å². The number of aryl methyl sites for hydroxylation is 3. The molecule has 40 heavy (non-hydrogen) atoms. The SMILES string of the molecule is CCOC(=O)Cc1ccc(-c2c(C)cc(C(CC)(CC)c3ccc(C=CC(O)(CC)CC)c(C)c3)cc2C)nc1. The topological polar surface area (TPSA) is 59.4 Å². The Labute approximate surface area is 241 Å². The molecule has 0 saturated carbocycles. The number of pyridine rings is 1. The van der Waals surface area contributed by atoms with Crippen LogP contribution in [-0.2, 0) is 21.4 Å². The van der Waals surface area contributed by atoms with E-state index < -0.39 is 5.60 Å². The first-order valence-electron chi connectivity index (χ1n) is 14.8. The Morgan fingerprint density at radius 1 is 0.850 bits per heavy atom. The maximum atomic E-state index is 11.9. The molecule has 1 heterocycles. The van der Waals surface area contributed by atoms with Crippen molar-refractivity contribution in [3.8, 4) is 11.3 Å². The minimum atomic E-state index is -0.755. The normalized spacial score (nSPS) is 12.2. The van der Waals surface area contributed by atoms with Gasteiger partial charge in [-0.15, -0.1) is 0 Å². The van der Waals surface area contributed by atoms with Crippen molar-refractivity contribution in [3.63, 3.8) is 0 Å². The molecular formula is C36H47NO3. The molecule has 0 amide bonds. The number of esters is 1. The molecule has 3 rings (SSSR count). The van der Waals surface area contributed by atoms with E-state index in [0.717, 1.165) is 35.2 Å². The minimum Gasteiger partial charge on any atom is -0.466 e. The molecule has 4 heteroatoms. The van der Waals surface area contributed by atoms with Gasteiger partial charge in [-0.05, 0) is 98.4 Å². The summed E-state index contributed by atoms with van der Waals surface area (Å²) < 4.78 is 5.07. The zero-order chi connectivity index (χ0) is 29.5. The second kappa shape index (κ2) is 13.4. The number of carbonyl (C=O) groups excluding carboxylic acids is 1. The molecule has 0 aliphatic carbocycles. The smallest absolute Gasteiger partial charge is 0.310 e. The van der Waals surface area contributed by atoms with E-state index in [1.807, 2.05) is 39.0 Å². The fourth-order valence-corrected chi connectivity index (χ4v) is 5.82. The monoisotopic (exact) mass is 541 g/mol. The summed E-state index contributed by atoms with van der Waals surface area (Å²) in [6, 6.07) is 15.4. The van der Waals surface area contributed by atoms with Gasteiger partial charge in [-0.1, -0.05) is 76.2 Å². The van der Waals surface area contributed by atoms with E-state index in [1.165, 1.54) is 27.8 Å². The van der Waals surface area contributed by atoms with Crippen LogP contribution in [0.4, 0.5) is 0 Å². The predicted molar refractivity (Wildman–Crippen MR) is 167 cm³/mol. The van der Waals surface area contributed by atoms with Gasteiger partial charge in [0.25, 0.3) is 0 Å². The molecule has 0 spiro atoms. The van der Waals surface area contributed by atoms with E-state index in [4.69, 9.17) is 9.72 Å².